The van der Waals surface area contributed by atoms with Crippen molar-refractivity contribution in [2.75, 3.05) is 25.4 Å². The zero-order valence-electron chi connectivity index (χ0n) is 16.3. The average Bonchev–Trinajstić information content (AvgIpc) is 2.73. The quantitative estimate of drug-likeness (QED) is 0.809. The molecular formula is C21H32N2O3S. The van der Waals surface area contributed by atoms with Crippen LogP contribution in [0.4, 0.5) is 0 Å². The predicted octanol–water partition coefficient (Wildman–Crippen LogP) is 3.07. The summed E-state index contributed by atoms with van der Waals surface area (Å²) in [6.07, 6.45) is 7.14. The maximum absolute atomic E-state index is 12.8. The summed E-state index contributed by atoms with van der Waals surface area (Å²) < 4.78 is 25.5. The van der Waals surface area contributed by atoms with Gasteiger partial charge in [-0.05, 0) is 38.2 Å². The summed E-state index contributed by atoms with van der Waals surface area (Å²) in [7, 11) is -3.14. The van der Waals surface area contributed by atoms with Gasteiger partial charge in [-0.1, -0.05) is 49.6 Å². The second-order valence-corrected chi connectivity index (χ2v) is 10.3. The van der Waals surface area contributed by atoms with Crippen molar-refractivity contribution < 1.29 is 13.2 Å². The van der Waals surface area contributed by atoms with Gasteiger partial charge in [-0.3, -0.25) is 4.79 Å². The Labute approximate surface area is 163 Å². The van der Waals surface area contributed by atoms with Crippen LogP contribution in [0.25, 0.3) is 0 Å². The summed E-state index contributed by atoms with van der Waals surface area (Å²) in [5.41, 5.74) is 1.37. The Morgan fingerprint density at radius 2 is 1.74 bits per heavy atom. The number of hydrogen-bond acceptors (Lipinski definition) is 3. The Hall–Kier alpha value is -1.40. The van der Waals surface area contributed by atoms with E-state index < -0.39 is 10.0 Å². The highest BCUT2D eigenvalue weighted by Gasteiger charge is 2.36. The van der Waals surface area contributed by atoms with Crippen LogP contribution in [-0.2, 0) is 20.2 Å². The van der Waals surface area contributed by atoms with Gasteiger partial charge in [0.15, 0.2) is 0 Å². The van der Waals surface area contributed by atoms with E-state index in [0.29, 0.717) is 32.5 Å². The van der Waals surface area contributed by atoms with Crippen molar-refractivity contribution >= 4 is 15.9 Å². The number of carbonyl (C=O) groups is 1. The van der Waals surface area contributed by atoms with Crippen molar-refractivity contribution in [2.24, 2.45) is 5.92 Å². The number of sulfonamides is 1. The summed E-state index contributed by atoms with van der Waals surface area (Å²) in [5.74, 6) is 0.137. The minimum absolute atomic E-state index is 0.0431. The van der Waals surface area contributed by atoms with Crippen molar-refractivity contribution in [2.45, 2.75) is 57.3 Å². The summed E-state index contributed by atoms with van der Waals surface area (Å²) in [6, 6.07) is 10.6. The smallest absolute Gasteiger partial charge is 0.223 e. The summed E-state index contributed by atoms with van der Waals surface area (Å²) in [6.45, 7) is 3.26. The summed E-state index contributed by atoms with van der Waals surface area (Å²) >= 11 is 0. The topological polar surface area (TPSA) is 66.5 Å². The Bertz CT molecular complexity index is 719. The standard InChI is InChI=1S/C21H32N2O3S/c1-2-27(25,26)23-15-11-18(12-16-23)20(24)22-17-21(13-7-4-8-14-21)19-9-5-3-6-10-19/h3,5-6,9-10,18H,2,4,7-8,11-17H2,1H3,(H,22,24). The molecular weight excluding hydrogens is 360 g/mol. The molecule has 27 heavy (non-hydrogen) atoms. The number of amides is 1. The van der Waals surface area contributed by atoms with E-state index in [1.54, 1.807) is 6.92 Å². The molecule has 1 heterocycles. The highest BCUT2D eigenvalue weighted by atomic mass is 32.2. The van der Waals surface area contributed by atoms with Gasteiger partial charge in [0, 0.05) is 31.0 Å². The first-order chi connectivity index (χ1) is 13.0. The molecule has 150 valence electrons. The average molecular weight is 393 g/mol. The van der Waals surface area contributed by atoms with Crippen LogP contribution in [-0.4, -0.2) is 44.0 Å². The molecule has 1 N–H and O–H groups in total. The summed E-state index contributed by atoms with van der Waals surface area (Å²) in [5, 5.41) is 3.22. The molecule has 6 heteroatoms. The molecule has 2 fully saturated rings. The monoisotopic (exact) mass is 392 g/mol. The van der Waals surface area contributed by atoms with Crippen LogP contribution in [0.5, 0.6) is 0 Å². The van der Waals surface area contributed by atoms with Crippen molar-refractivity contribution in [3.63, 3.8) is 0 Å². The first-order valence-electron chi connectivity index (χ1n) is 10.3. The number of nitrogens with zero attached hydrogens (tertiary/aromatic N) is 1. The van der Waals surface area contributed by atoms with Crippen LogP contribution in [0, 0.1) is 5.92 Å². The van der Waals surface area contributed by atoms with E-state index in [1.807, 2.05) is 6.07 Å². The van der Waals surface area contributed by atoms with Crippen LogP contribution in [0.3, 0.4) is 0 Å². The van der Waals surface area contributed by atoms with Crippen LogP contribution < -0.4 is 5.32 Å². The molecule has 5 nitrogen and oxygen atoms in total. The second-order valence-electron chi connectivity index (χ2n) is 8.00. The fraction of sp³-hybridized carbons (Fsp3) is 0.667. The van der Waals surface area contributed by atoms with E-state index in [0.717, 1.165) is 12.8 Å². The van der Waals surface area contributed by atoms with Crippen molar-refractivity contribution in [3.8, 4) is 0 Å². The first kappa shape index (κ1) is 20.3. The lowest BCUT2D eigenvalue weighted by Gasteiger charge is -2.39. The maximum atomic E-state index is 12.8. The van der Waals surface area contributed by atoms with E-state index in [9.17, 15) is 13.2 Å². The Balaban J connectivity index is 1.59. The highest BCUT2D eigenvalue weighted by molar-refractivity contribution is 7.89. The second kappa shape index (κ2) is 8.74. The van der Waals surface area contributed by atoms with Crippen molar-refractivity contribution in [1.29, 1.82) is 0 Å². The minimum atomic E-state index is -3.14. The largest absolute Gasteiger partial charge is 0.355 e. The molecule has 1 aliphatic heterocycles. The molecule has 1 aromatic rings. The third kappa shape index (κ3) is 4.72. The molecule has 0 bridgehead atoms. The van der Waals surface area contributed by atoms with Gasteiger partial charge in [-0.2, -0.15) is 0 Å². The fourth-order valence-electron chi connectivity index (χ4n) is 4.57. The summed E-state index contributed by atoms with van der Waals surface area (Å²) in [4.78, 5) is 12.8. The van der Waals surface area contributed by atoms with Gasteiger partial charge in [0.1, 0.15) is 0 Å². The Morgan fingerprint density at radius 1 is 1.11 bits per heavy atom. The predicted molar refractivity (Wildman–Crippen MR) is 108 cm³/mol. The number of hydrogen-bond donors (Lipinski definition) is 1. The number of nitrogens with one attached hydrogen (secondary N) is 1. The van der Waals surface area contributed by atoms with Gasteiger partial charge in [-0.15, -0.1) is 0 Å². The van der Waals surface area contributed by atoms with E-state index in [1.165, 1.54) is 29.1 Å². The lowest BCUT2D eigenvalue weighted by molar-refractivity contribution is -0.126. The molecule has 2 aliphatic rings. The molecule has 1 amide bonds. The third-order valence-corrected chi connectivity index (χ3v) is 8.26. The zero-order chi connectivity index (χ0) is 19.3. The molecule has 0 aromatic heterocycles. The molecule has 3 rings (SSSR count). The number of piperidine rings is 1. The Kier molecular flexibility index (Phi) is 6.58. The first-order valence-corrected chi connectivity index (χ1v) is 11.9. The van der Waals surface area contributed by atoms with Crippen molar-refractivity contribution in [3.05, 3.63) is 35.9 Å². The van der Waals surface area contributed by atoms with Gasteiger partial charge in [0.25, 0.3) is 0 Å². The van der Waals surface area contributed by atoms with Gasteiger partial charge in [0.2, 0.25) is 15.9 Å². The van der Waals surface area contributed by atoms with Crippen LogP contribution in [0.1, 0.15) is 57.4 Å². The van der Waals surface area contributed by atoms with Crippen LogP contribution in [0.15, 0.2) is 30.3 Å². The van der Waals surface area contributed by atoms with E-state index in [-0.39, 0.29) is 23.0 Å². The molecule has 0 spiro atoms. The molecule has 0 unspecified atom stereocenters. The highest BCUT2D eigenvalue weighted by Crippen LogP contribution is 2.39. The molecule has 0 atom stereocenters. The normalized spacial score (nSPS) is 21.7. The van der Waals surface area contributed by atoms with Crippen molar-refractivity contribution in [1.82, 2.24) is 9.62 Å². The molecule has 1 saturated heterocycles. The zero-order valence-corrected chi connectivity index (χ0v) is 17.1. The van der Waals surface area contributed by atoms with Crippen LogP contribution in [0.2, 0.25) is 0 Å². The number of benzene rings is 1. The molecule has 1 aromatic carbocycles. The van der Waals surface area contributed by atoms with Gasteiger partial charge < -0.3 is 5.32 Å². The van der Waals surface area contributed by atoms with Crippen LogP contribution >= 0.6 is 0 Å². The van der Waals surface area contributed by atoms with Gasteiger partial charge in [0.05, 0.1) is 5.75 Å². The lowest BCUT2D eigenvalue weighted by atomic mass is 9.69. The van der Waals surface area contributed by atoms with E-state index >= 15 is 0 Å². The minimum Gasteiger partial charge on any atom is -0.355 e. The van der Waals surface area contributed by atoms with E-state index in [2.05, 4.69) is 29.6 Å². The maximum Gasteiger partial charge on any atom is 0.223 e. The van der Waals surface area contributed by atoms with E-state index in [4.69, 9.17) is 0 Å². The molecule has 1 aliphatic carbocycles. The Morgan fingerprint density at radius 3 is 2.33 bits per heavy atom. The third-order valence-electron chi connectivity index (χ3n) is 6.38. The lowest BCUT2D eigenvalue weighted by Crippen LogP contribution is -2.47. The van der Waals surface area contributed by atoms with Gasteiger partial charge in [-0.25, -0.2) is 12.7 Å². The number of rotatable bonds is 6. The SMILES string of the molecule is CCS(=O)(=O)N1CCC(C(=O)NCC2(c3ccccc3)CCCCC2)CC1. The van der Waals surface area contributed by atoms with Gasteiger partial charge >= 0.3 is 0 Å². The molecule has 1 saturated carbocycles. The number of carbonyl (C=O) groups excluding carboxylic acids is 1. The fourth-order valence-corrected chi connectivity index (χ4v) is 5.70. The molecule has 0 radical (unpaired) electrons.